The van der Waals surface area contributed by atoms with Gasteiger partial charge in [-0.3, -0.25) is 4.79 Å². The summed E-state index contributed by atoms with van der Waals surface area (Å²) in [7, 11) is 0. The van der Waals surface area contributed by atoms with Crippen LogP contribution in [0.25, 0.3) is 11.0 Å². The molecule has 3 atom stereocenters. The zero-order valence-electron chi connectivity index (χ0n) is 25.7. The van der Waals surface area contributed by atoms with E-state index in [0.29, 0.717) is 23.1 Å². The first kappa shape index (κ1) is 32.8. The van der Waals surface area contributed by atoms with Crippen LogP contribution in [0.5, 0.6) is 0 Å². The number of benzene rings is 1. The maximum Gasteiger partial charge on any atom is 0.360 e. The van der Waals surface area contributed by atoms with Crippen LogP contribution >= 0.6 is 0 Å². The first-order valence-electron chi connectivity index (χ1n) is 16.1. The molecular formula is C33H49N5O5. The lowest BCUT2D eigenvalue weighted by molar-refractivity contribution is -0.129. The number of nitrogens with two attached hydrogens (primary N) is 1. The van der Waals surface area contributed by atoms with Crippen molar-refractivity contribution in [3.63, 3.8) is 0 Å². The summed E-state index contributed by atoms with van der Waals surface area (Å²) in [5.41, 5.74) is 5.82. The van der Waals surface area contributed by atoms with Gasteiger partial charge in [-0.1, -0.05) is 76.1 Å². The van der Waals surface area contributed by atoms with E-state index in [1.165, 1.54) is 19.3 Å². The van der Waals surface area contributed by atoms with Crippen LogP contribution in [-0.4, -0.2) is 57.9 Å². The third-order valence-corrected chi connectivity index (χ3v) is 9.65. The van der Waals surface area contributed by atoms with Crippen LogP contribution in [-0.2, 0) is 14.4 Å². The largest absolute Gasteiger partial charge is 0.476 e. The van der Waals surface area contributed by atoms with Gasteiger partial charge in [-0.25, -0.2) is 9.78 Å². The number of aliphatic carboxylic acids is 1. The van der Waals surface area contributed by atoms with E-state index >= 15 is 0 Å². The summed E-state index contributed by atoms with van der Waals surface area (Å²) >= 11 is 0. The zero-order chi connectivity index (χ0) is 30.9. The molecule has 3 heterocycles. The second-order valence-corrected chi connectivity index (χ2v) is 12.9. The van der Waals surface area contributed by atoms with Gasteiger partial charge in [0.25, 0.3) is 5.56 Å². The Bertz CT molecular complexity index is 1280. The quantitative estimate of drug-likeness (QED) is 0.305. The molecule has 2 aliphatic heterocycles. The second-order valence-electron chi connectivity index (χ2n) is 12.9. The molecule has 0 radical (unpaired) electrons. The highest BCUT2D eigenvalue weighted by Gasteiger charge is 2.34. The van der Waals surface area contributed by atoms with E-state index < -0.39 is 23.3 Å². The minimum Gasteiger partial charge on any atom is -0.476 e. The predicted octanol–water partition coefficient (Wildman–Crippen LogP) is 4.82. The predicted molar refractivity (Wildman–Crippen MR) is 168 cm³/mol. The first-order chi connectivity index (χ1) is 20.8. The Labute approximate surface area is 254 Å². The number of para-hydroxylation sites is 2. The van der Waals surface area contributed by atoms with Gasteiger partial charge in [-0.05, 0) is 62.0 Å². The number of aromatic nitrogens is 2. The number of carbonyl (C=O) groups is 2. The molecular weight excluding hydrogens is 546 g/mol. The lowest BCUT2D eigenvalue weighted by Crippen LogP contribution is -2.50. The number of nitrogens with zero attached hydrogens (tertiary/aromatic N) is 3. The van der Waals surface area contributed by atoms with Gasteiger partial charge in [-0.2, -0.15) is 0 Å². The summed E-state index contributed by atoms with van der Waals surface area (Å²) in [5, 5.41) is 17.3. The lowest BCUT2D eigenvalue weighted by atomic mass is 9.72. The standard InChI is InChI=1S/C23H31N5O4.C9H16.CH2O/c1-13(2)19(12-24)32-27-21(23(30)31)20-22(29)28(18-9-4-3-8-17(18)26-20)16-10-14-6-5-7-15(11-16)25-14;1-3-8-5-2-6-9(4-1)7-8;1-2/h3-4,8-9,13-16,19,25H,5-7,10-12,24H2,1-2H3,(H,30,31);8-9H,1-7H2;1H2/b27-21-;;. The molecule has 4 fully saturated rings. The van der Waals surface area contributed by atoms with Crippen LogP contribution in [0.2, 0.25) is 0 Å². The van der Waals surface area contributed by atoms with Crippen LogP contribution in [0.3, 0.4) is 0 Å². The molecule has 4 aliphatic rings. The number of oxime groups is 1. The van der Waals surface area contributed by atoms with Crippen molar-refractivity contribution in [1.82, 2.24) is 14.9 Å². The average molecular weight is 596 g/mol. The Morgan fingerprint density at radius 3 is 2.16 bits per heavy atom. The molecule has 1 aromatic heterocycles. The van der Waals surface area contributed by atoms with Crippen LogP contribution in [0.1, 0.15) is 103 Å². The van der Waals surface area contributed by atoms with E-state index in [1.807, 2.05) is 38.8 Å². The smallest absolute Gasteiger partial charge is 0.360 e. The molecule has 0 amide bonds. The van der Waals surface area contributed by atoms with Crippen molar-refractivity contribution in [2.75, 3.05) is 6.54 Å². The molecule has 2 saturated heterocycles. The fraction of sp³-hybridized carbons (Fsp3) is 0.667. The van der Waals surface area contributed by atoms with E-state index in [9.17, 15) is 14.7 Å². The monoisotopic (exact) mass is 595 g/mol. The molecule has 6 rings (SSSR count). The summed E-state index contributed by atoms with van der Waals surface area (Å²) in [4.78, 5) is 43.5. The summed E-state index contributed by atoms with van der Waals surface area (Å²) in [6, 6.07) is 8.03. The van der Waals surface area contributed by atoms with Crippen molar-refractivity contribution in [2.24, 2.45) is 28.6 Å². The van der Waals surface area contributed by atoms with Crippen molar-refractivity contribution in [1.29, 1.82) is 0 Å². The molecule has 43 heavy (non-hydrogen) atoms. The Morgan fingerprint density at radius 1 is 1.05 bits per heavy atom. The van der Waals surface area contributed by atoms with Crippen LogP contribution < -0.4 is 16.6 Å². The highest BCUT2D eigenvalue weighted by Crippen LogP contribution is 2.39. The van der Waals surface area contributed by atoms with E-state index in [0.717, 1.165) is 37.5 Å². The highest BCUT2D eigenvalue weighted by molar-refractivity contribution is 6.41. The number of nitrogens with one attached hydrogen (secondary N) is 1. The Morgan fingerprint density at radius 2 is 1.63 bits per heavy atom. The van der Waals surface area contributed by atoms with Gasteiger partial charge in [-0.15, -0.1) is 0 Å². The molecule has 1 aromatic carbocycles. The van der Waals surface area contributed by atoms with E-state index in [1.54, 1.807) is 42.7 Å². The molecule has 2 saturated carbocycles. The topological polar surface area (TPSA) is 149 Å². The SMILES string of the molecule is C1CC2CCCC(C1)C2.C=O.CC(C)C(CN)O/N=C(\C(=O)O)c1nc2ccccc2n(C2CC3CCCC(C2)N3)c1=O. The minimum absolute atomic E-state index is 0.0332. The highest BCUT2D eigenvalue weighted by atomic mass is 16.6. The van der Waals surface area contributed by atoms with E-state index in [4.69, 9.17) is 15.4 Å². The fourth-order valence-corrected chi connectivity index (χ4v) is 7.48. The van der Waals surface area contributed by atoms with Gasteiger partial charge < -0.3 is 30.4 Å². The normalized spacial score (nSPS) is 27.3. The Balaban J connectivity index is 0.000000322. The fourth-order valence-electron chi connectivity index (χ4n) is 7.48. The summed E-state index contributed by atoms with van der Waals surface area (Å²) in [5.74, 6) is 0.974. The molecule has 10 nitrogen and oxygen atoms in total. The number of rotatable bonds is 7. The number of hydrogen-bond donors (Lipinski definition) is 3. The molecule has 2 aromatic rings. The van der Waals surface area contributed by atoms with Gasteiger partial charge >= 0.3 is 5.97 Å². The van der Waals surface area contributed by atoms with Gasteiger partial charge in [0, 0.05) is 24.7 Å². The van der Waals surface area contributed by atoms with Crippen molar-refractivity contribution in [2.45, 2.75) is 115 Å². The average Bonchev–Trinajstić information content (AvgIpc) is 3.00. The maximum atomic E-state index is 13.7. The van der Waals surface area contributed by atoms with Crippen LogP contribution in [0, 0.1) is 17.8 Å². The summed E-state index contributed by atoms with van der Waals surface area (Å²) in [6.45, 7) is 5.99. The lowest BCUT2D eigenvalue weighted by Gasteiger charge is -2.41. The number of hydrogen-bond acceptors (Lipinski definition) is 8. The maximum absolute atomic E-state index is 13.7. The number of carboxylic acid groups (broad SMARTS) is 1. The van der Waals surface area contributed by atoms with E-state index in [-0.39, 0.29) is 24.2 Å². The molecule has 4 N–H and O–H groups in total. The second kappa shape index (κ2) is 15.6. The van der Waals surface area contributed by atoms with Crippen LogP contribution in [0.4, 0.5) is 0 Å². The molecule has 4 bridgehead atoms. The van der Waals surface area contributed by atoms with Gasteiger partial charge in [0.15, 0.2) is 5.69 Å². The number of piperidine rings is 2. The number of carbonyl (C=O) groups excluding carboxylic acids is 1. The Hall–Kier alpha value is -3.11. The van der Waals surface area contributed by atoms with Crippen molar-refractivity contribution in [3.05, 3.63) is 40.3 Å². The van der Waals surface area contributed by atoms with Crippen LogP contribution in [0.15, 0.2) is 34.2 Å². The third-order valence-electron chi connectivity index (χ3n) is 9.65. The minimum atomic E-state index is -1.36. The van der Waals surface area contributed by atoms with Crippen molar-refractivity contribution < 1.29 is 19.5 Å². The Kier molecular flexibility index (Phi) is 11.9. The van der Waals surface area contributed by atoms with Gasteiger partial charge in [0.2, 0.25) is 5.71 Å². The molecule has 10 heteroatoms. The van der Waals surface area contributed by atoms with Crippen molar-refractivity contribution in [3.8, 4) is 0 Å². The van der Waals surface area contributed by atoms with Gasteiger partial charge in [0.1, 0.15) is 12.9 Å². The molecule has 2 aliphatic carbocycles. The molecule has 0 spiro atoms. The van der Waals surface area contributed by atoms with E-state index in [2.05, 4.69) is 15.5 Å². The summed E-state index contributed by atoms with van der Waals surface area (Å²) < 4.78 is 1.73. The zero-order valence-corrected chi connectivity index (χ0v) is 25.7. The molecule has 236 valence electrons. The third kappa shape index (κ3) is 8.09. The first-order valence-corrected chi connectivity index (χ1v) is 16.1. The van der Waals surface area contributed by atoms with Gasteiger partial charge in [0.05, 0.1) is 11.0 Å². The molecule has 3 unspecified atom stereocenters. The van der Waals surface area contributed by atoms with Crippen molar-refractivity contribution >= 4 is 29.5 Å². The summed E-state index contributed by atoms with van der Waals surface area (Å²) in [6.07, 6.45) is 15.4. The number of fused-ring (bicyclic) bond motifs is 5. The number of carboxylic acids is 1.